The molecule has 1 fully saturated rings. The lowest BCUT2D eigenvalue weighted by molar-refractivity contribution is -0.388. The molecular formula is C20H22N4O5S3. The van der Waals surface area contributed by atoms with Gasteiger partial charge >= 0.3 is 0 Å². The molecule has 2 aromatic heterocycles. The van der Waals surface area contributed by atoms with E-state index >= 15 is 0 Å². The molecule has 4 rings (SSSR count). The molecule has 3 aromatic rings. The minimum atomic E-state index is -3.77. The Morgan fingerprint density at radius 3 is 2.66 bits per heavy atom. The van der Waals surface area contributed by atoms with E-state index in [2.05, 4.69) is 9.97 Å². The number of nitrogens with zero attached hydrogens (tertiary/aromatic N) is 3. The Bertz CT molecular complexity index is 1360. The van der Waals surface area contributed by atoms with Gasteiger partial charge in [-0.2, -0.15) is 4.31 Å². The Hall–Kier alpha value is -2.28. The molecule has 0 amide bonds. The van der Waals surface area contributed by atoms with E-state index in [1.807, 2.05) is 13.8 Å². The molecule has 9 nitrogen and oxygen atoms in total. The van der Waals surface area contributed by atoms with Crippen molar-refractivity contribution in [2.75, 3.05) is 13.1 Å². The van der Waals surface area contributed by atoms with Gasteiger partial charge in [-0.1, -0.05) is 6.42 Å². The normalized spacial score (nSPS) is 15.3. The highest BCUT2D eigenvalue weighted by atomic mass is 32.2. The molecule has 1 saturated heterocycles. The lowest BCUT2D eigenvalue weighted by atomic mass is 10.2. The molecule has 0 atom stereocenters. The molecule has 1 aromatic carbocycles. The smallest absolute Gasteiger partial charge is 0.284 e. The fraction of sp³-hybridized carbons (Fsp3) is 0.400. The summed E-state index contributed by atoms with van der Waals surface area (Å²) in [4.78, 5) is 32.7. The summed E-state index contributed by atoms with van der Waals surface area (Å²) in [6.07, 6.45) is 2.55. The summed E-state index contributed by atoms with van der Waals surface area (Å²) in [5, 5.41) is 12.2. The number of benzene rings is 1. The molecule has 170 valence electrons. The van der Waals surface area contributed by atoms with Crippen molar-refractivity contribution < 1.29 is 13.3 Å². The van der Waals surface area contributed by atoms with Crippen LogP contribution in [0.3, 0.4) is 0 Å². The maximum Gasteiger partial charge on any atom is 0.284 e. The molecular weight excluding hydrogens is 472 g/mol. The maximum atomic E-state index is 12.9. The average Bonchev–Trinajstić information content (AvgIpc) is 3.06. The van der Waals surface area contributed by atoms with E-state index in [1.54, 1.807) is 0 Å². The van der Waals surface area contributed by atoms with E-state index < -0.39 is 14.9 Å². The first-order valence-corrected chi connectivity index (χ1v) is 13.3. The minimum Gasteiger partial charge on any atom is -0.309 e. The number of H-pyrrole nitrogens is 1. The number of thioether (sulfide) groups is 1. The van der Waals surface area contributed by atoms with Crippen LogP contribution in [0.15, 0.2) is 32.8 Å². The maximum absolute atomic E-state index is 12.9. The number of hydrogen-bond acceptors (Lipinski definition) is 8. The number of nitro benzene ring substituents is 1. The van der Waals surface area contributed by atoms with Gasteiger partial charge in [0.05, 0.1) is 25.9 Å². The monoisotopic (exact) mass is 494 g/mol. The summed E-state index contributed by atoms with van der Waals surface area (Å²) in [6.45, 7) is 4.66. The molecule has 0 spiro atoms. The average molecular weight is 495 g/mol. The van der Waals surface area contributed by atoms with Crippen LogP contribution in [0, 0.1) is 24.0 Å². The van der Waals surface area contributed by atoms with E-state index in [1.165, 1.54) is 27.8 Å². The van der Waals surface area contributed by atoms with E-state index in [0.29, 0.717) is 34.0 Å². The number of nitrogens with one attached hydrogen (secondary N) is 1. The van der Waals surface area contributed by atoms with Crippen LogP contribution < -0.4 is 5.56 Å². The molecule has 0 aliphatic carbocycles. The quantitative estimate of drug-likeness (QED) is 0.312. The summed E-state index contributed by atoms with van der Waals surface area (Å²) in [6, 6.07) is 3.98. The molecule has 0 unspecified atom stereocenters. The summed E-state index contributed by atoms with van der Waals surface area (Å²) >= 11 is 2.57. The van der Waals surface area contributed by atoms with Crippen LogP contribution in [0.2, 0.25) is 0 Å². The zero-order valence-corrected chi connectivity index (χ0v) is 20.0. The topological polar surface area (TPSA) is 126 Å². The van der Waals surface area contributed by atoms with Crippen LogP contribution in [0.1, 0.15) is 35.5 Å². The van der Waals surface area contributed by atoms with E-state index in [4.69, 9.17) is 0 Å². The van der Waals surface area contributed by atoms with Gasteiger partial charge in [0.25, 0.3) is 11.2 Å². The summed E-state index contributed by atoms with van der Waals surface area (Å²) in [5.74, 6) is 0.619. The number of nitro groups is 1. The van der Waals surface area contributed by atoms with E-state index in [9.17, 15) is 23.3 Å². The number of aryl methyl sites for hydroxylation is 2. The molecule has 0 bridgehead atoms. The van der Waals surface area contributed by atoms with Gasteiger partial charge in [0.1, 0.15) is 10.7 Å². The molecule has 3 heterocycles. The van der Waals surface area contributed by atoms with Crippen molar-refractivity contribution in [2.24, 2.45) is 0 Å². The second-order valence-electron chi connectivity index (χ2n) is 7.62. The van der Waals surface area contributed by atoms with Gasteiger partial charge in [-0.15, -0.1) is 23.1 Å². The lowest BCUT2D eigenvalue weighted by Gasteiger charge is -2.25. The number of hydrogen-bond donors (Lipinski definition) is 1. The van der Waals surface area contributed by atoms with Gasteiger partial charge in [-0.3, -0.25) is 14.9 Å². The van der Waals surface area contributed by atoms with Crippen molar-refractivity contribution in [2.45, 2.75) is 48.7 Å². The molecule has 32 heavy (non-hydrogen) atoms. The number of rotatable bonds is 6. The van der Waals surface area contributed by atoms with Crippen molar-refractivity contribution in [3.8, 4) is 0 Å². The second-order valence-corrected chi connectivity index (χ2v) is 11.8. The first-order chi connectivity index (χ1) is 15.2. The zero-order chi connectivity index (χ0) is 23.0. The number of thiophene rings is 1. The Balaban J connectivity index is 1.61. The molecule has 1 aliphatic rings. The first-order valence-electron chi connectivity index (χ1n) is 10.1. The fourth-order valence-corrected chi connectivity index (χ4v) is 7.15. The third kappa shape index (κ3) is 4.32. The number of aromatic nitrogens is 2. The Morgan fingerprint density at radius 1 is 1.25 bits per heavy atom. The Labute approximate surface area is 193 Å². The SMILES string of the molecule is Cc1sc2nc(CSc3ccc(S(=O)(=O)N4CCCCC4)cc3[N+](=O)[O-])[nH]c(=O)c2c1C. The highest BCUT2D eigenvalue weighted by Crippen LogP contribution is 2.34. The second kappa shape index (κ2) is 8.93. The van der Waals surface area contributed by atoms with Crippen LogP contribution >= 0.6 is 23.1 Å². The van der Waals surface area contributed by atoms with Crippen molar-refractivity contribution in [3.63, 3.8) is 0 Å². The largest absolute Gasteiger partial charge is 0.309 e. The highest BCUT2D eigenvalue weighted by molar-refractivity contribution is 7.98. The number of fused-ring (bicyclic) bond motifs is 1. The van der Waals surface area contributed by atoms with Crippen LogP contribution in [0.5, 0.6) is 0 Å². The molecule has 12 heteroatoms. The first kappa shape index (κ1) is 22.9. The predicted octanol–water partition coefficient (Wildman–Crippen LogP) is 3.98. The summed E-state index contributed by atoms with van der Waals surface area (Å²) in [5.41, 5.74) is 0.392. The van der Waals surface area contributed by atoms with Gasteiger partial charge in [0.2, 0.25) is 10.0 Å². The van der Waals surface area contributed by atoms with Crippen molar-refractivity contribution in [3.05, 3.63) is 54.9 Å². The number of aromatic amines is 1. The standard InChI is InChI=1S/C20H22N4O5S3/c1-12-13(2)31-20-18(12)19(25)21-17(22-20)11-30-16-7-6-14(10-15(16)24(26)27)32(28,29)23-8-4-3-5-9-23/h6-7,10H,3-5,8-9,11H2,1-2H3,(H,21,22,25). The summed E-state index contributed by atoms with van der Waals surface area (Å²) in [7, 11) is -3.77. The van der Waals surface area contributed by atoms with Crippen molar-refractivity contribution >= 4 is 49.0 Å². The van der Waals surface area contributed by atoms with E-state index in [0.717, 1.165) is 47.5 Å². The van der Waals surface area contributed by atoms with Crippen molar-refractivity contribution in [1.29, 1.82) is 0 Å². The zero-order valence-electron chi connectivity index (χ0n) is 17.6. The third-order valence-corrected chi connectivity index (χ3v) is 9.60. The number of piperidine rings is 1. The highest BCUT2D eigenvalue weighted by Gasteiger charge is 2.28. The molecule has 0 saturated carbocycles. The summed E-state index contributed by atoms with van der Waals surface area (Å²) < 4.78 is 27.2. The van der Waals surface area contributed by atoms with Gasteiger partial charge in [-0.05, 0) is 44.4 Å². The molecule has 1 aliphatic heterocycles. The Kier molecular flexibility index (Phi) is 6.39. The van der Waals surface area contributed by atoms with Gasteiger partial charge < -0.3 is 4.98 Å². The van der Waals surface area contributed by atoms with Crippen LogP contribution in [0.25, 0.3) is 10.2 Å². The Morgan fingerprint density at radius 2 is 1.97 bits per heavy atom. The number of sulfonamides is 1. The van der Waals surface area contributed by atoms with Gasteiger partial charge in [-0.25, -0.2) is 13.4 Å². The lowest BCUT2D eigenvalue weighted by Crippen LogP contribution is -2.35. The van der Waals surface area contributed by atoms with E-state index in [-0.39, 0.29) is 21.9 Å². The molecule has 1 N–H and O–H groups in total. The predicted molar refractivity (Wildman–Crippen MR) is 125 cm³/mol. The van der Waals surface area contributed by atoms with Gasteiger partial charge in [0, 0.05) is 24.0 Å². The van der Waals surface area contributed by atoms with Crippen LogP contribution in [-0.4, -0.2) is 40.7 Å². The van der Waals surface area contributed by atoms with Crippen molar-refractivity contribution in [1.82, 2.24) is 14.3 Å². The molecule has 0 radical (unpaired) electrons. The fourth-order valence-electron chi connectivity index (χ4n) is 3.69. The van der Waals surface area contributed by atoms with Gasteiger partial charge in [0.15, 0.2) is 0 Å². The third-order valence-electron chi connectivity index (χ3n) is 5.53. The minimum absolute atomic E-state index is 0.0760. The van der Waals surface area contributed by atoms with Crippen LogP contribution in [0.4, 0.5) is 5.69 Å². The van der Waals surface area contributed by atoms with Crippen LogP contribution in [-0.2, 0) is 15.8 Å².